The number of hydrogen-bond donors (Lipinski definition) is 1. The minimum atomic E-state index is -4.45. The largest absolute Gasteiger partial charge is 0.479 e. The fraction of sp³-hybridized carbons (Fsp3) is 0.143. The number of pyridine rings is 2. The number of aromatic nitrogens is 3. The van der Waals surface area contributed by atoms with Gasteiger partial charge in [-0.15, -0.1) is 0 Å². The third kappa shape index (κ3) is 4.93. The van der Waals surface area contributed by atoms with Gasteiger partial charge in [-0.3, -0.25) is 4.72 Å². The first-order chi connectivity index (χ1) is 16.6. The lowest BCUT2D eigenvalue weighted by Crippen LogP contribution is -2.15. The molecule has 35 heavy (non-hydrogen) atoms. The molecule has 1 aromatic carbocycles. The predicted octanol–water partition coefficient (Wildman–Crippen LogP) is 3.86. The van der Waals surface area contributed by atoms with Crippen molar-refractivity contribution in [1.82, 2.24) is 13.9 Å². The number of nitrogens with one attached hydrogen (secondary N) is 1. The van der Waals surface area contributed by atoms with Crippen molar-refractivity contribution in [2.45, 2.75) is 23.3 Å². The second-order valence-corrected chi connectivity index (χ2v) is 10.0. The summed E-state index contributed by atoms with van der Waals surface area (Å²) < 4.78 is 91.3. The Hall–Kier alpha value is -3.65. The first-order valence-electron chi connectivity index (χ1n) is 9.79. The number of aryl methyl sites for hydroxylation is 1. The van der Waals surface area contributed by atoms with Crippen LogP contribution in [0.25, 0.3) is 11.0 Å². The van der Waals surface area contributed by atoms with Crippen LogP contribution in [0.3, 0.4) is 0 Å². The maximum absolute atomic E-state index is 14.2. The van der Waals surface area contributed by atoms with Gasteiger partial charge in [0.15, 0.2) is 22.5 Å². The van der Waals surface area contributed by atoms with Crippen molar-refractivity contribution in [3.8, 4) is 11.8 Å². The van der Waals surface area contributed by atoms with Gasteiger partial charge in [-0.2, -0.15) is 13.8 Å². The lowest BCUT2D eigenvalue weighted by atomic mass is 10.3. The average molecular weight is 527 g/mol. The first-order valence-corrected chi connectivity index (χ1v) is 12.4. The second kappa shape index (κ2) is 9.54. The Bertz CT molecular complexity index is 1530. The summed E-state index contributed by atoms with van der Waals surface area (Å²) in [5.41, 5.74) is 0.239. The minimum Gasteiger partial charge on any atom is -0.479 e. The average Bonchev–Trinajstić information content (AvgIpc) is 3.20. The van der Waals surface area contributed by atoms with Crippen LogP contribution in [0.2, 0.25) is 0 Å². The topological polar surface area (TPSA) is 112 Å². The predicted molar refractivity (Wildman–Crippen MR) is 121 cm³/mol. The van der Waals surface area contributed by atoms with Crippen molar-refractivity contribution in [3.05, 3.63) is 66.2 Å². The molecule has 3 heterocycles. The van der Waals surface area contributed by atoms with Crippen LogP contribution in [0, 0.1) is 12.7 Å². The molecule has 0 saturated heterocycles. The quantitative estimate of drug-likeness (QED) is 0.371. The minimum absolute atomic E-state index is 0.143. The summed E-state index contributed by atoms with van der Waals surface area (Å²) in [5.74, 6) is -2.90. The standard InChI is InChI=1S/C21H17F3N4O5S2/c1-12-8-9-14-17(11-28(18(14)25-12)34(29)13-6-4-3-5-7-13)35(30,31)27-16-10-15(22)19(33-21(23)24)26-20(16)32-2/h3-11,21,27H,1-2H3. The van der Waals surface area contributed by atoms with E-state index in [0.717, 1.165) is 13.3 Å². The van der Waals surface area contributed by atoms with Gasteiger partial charge in [0, 0.05) is 23.3 Å². The summed E-state index contributed by atoms with van der Waals surface area (Å²) in [6, 6.07) is 12.0. The third-order valence-electron chi connectivity index (χ3n) is 4.68. The fourth-order valence-corrected chi connectivity index (χ4v) is 5.60. The molecule has 9 nitrogen and oxygen atoms in total. The van der Waals surface area contributed by atoms with Gasteiger partial charge >= 0.3 is 6.61 Å². The number of halogens is 3. The normalized spacial score (nSPS) is 12.6. The Morgan fingerprint density at radius 1 is 1.09 bits per heavy atom. The van der Waals surface area contributed by atoms with E-state index in [1.165, 1.54) is 10.0 Å². The van der Waals surface area contributed by atoms with Crippen molar-refractivity contribution in [2.75, 3.05) is 11.8 Å². The zero-order valence-electron chi connectivity index (χ0n) is 18.1. The number of rotatable bonds is 8. The van der Waals surface area contributed by atoms with Gasteiger partial charge in [0.2, 0.25) is 5.88 Å². The highest BCUT2D eigenvalue weighted by molar-refractivity contribution is 7.93. The molecule has 1 unspecified atom stereocenters. The molecule has 4 aromatic rings. The highest BCUT2D eigenvalue weighted by Crippen LogP contribution is 2.33. The summed E-state index contributed by atoms with van der Waals surface area (Å²) in [7, 11) is -5.20. The third-order valence-corrected chi connectivity index (χ3v) is 7.39. The van der Waals surface area contributed by atoms with E-state index < -0.39 is 50.9 Å². The van der Waals surface area contributed by atoms with Crippen molar-refractivity contribution < 1.29 is 35.3 Å². The number of methoxy groups -OCH3 is 1. The van der Waals surface area contributed by atoms with E-state index in [4.69, 9.17) is 4.74 Å². The number of nitrogens with zero attached hydrogens (tertiary/aromatic N) is 3. The number of anilines is 1. The van der Waals surface area contributed by atoms with Gasteiger partial charge in [-0.25, -0.2) is 26.0 Å². The number of alkyl halides is 2. The molecule has 0 aliphatic heterocycles. The zero-order chi connectivity index (χ0) is 25.3. The molecule has 184 valence electrons. The molecule has 0 aliphatic rings. The summed E-state index contributed by atoms with van der Waals surface area (Å²) in [4.78, 5) is 7.91. The maximum atomic E-state index is 14.2. The van der Waals surface area contributed by atoms with Crippen LogP contribution >= 0.6 is 0 Å². The highest BCUT2D eigenvalue weighted by Gasteiger charge is 2.27. The Morgan fingerprint density at radius 3 is 2.46 bits per heavy atom. The van der Waals surface area contributed by atoms with E-state index in [1.54, 1.807) is 43.3 Å². The van der Waals surface area contributed by atoms with Gasteiger partial charge in [0.05, 0.1) is 12.0 Å². The molecule has 0 radical (unpaired) electrons. The fourth-order valence-electron chi connectivity index (χ4n) is 3.18. The Kier molecular flexibility index (Phi) is 6.67. The molecule has 14 heteroatoms. The monoisotopic (exact) mass is 526 g/mol. The lowest BCUT2D eigenvalue weighted by molar-refractivity contribution is -0.0555. The van der Waals surface area contributed by atoms with Gasteiger partial charge in [-0.1, -0.05) is 18.2 Å². The van der Waals surface area contributed by atoms with Gasteiger partial charge in [0.1, 0.15) is 10.6 Å². The molecule has 4 rings (SSSR count). The van der Waals surface area contributed by atoms with Crippen LogP contribution in [0.4, 0.5) is 18.9 Å². The van der Waals surface area contributed by atoms with Gasteiger partial charge in [0.25, 0.3) is 15.9 Å². The van der Waals surface area contributed by atoms with Crippen LogP contribution in [-0.4, -0.2) is 40.3 Å². The number of sulfonamides is 1. The molecular formula is C21H17F3N4O5S2. The first kappa shape index (κ1) is 24.5. The Balaban J connectivity index is 1.81. The van der Waals surface area contributed by atoms with Crippen LogP contribution in [0.1, 0.15) is 5.69 Å². The van der Waals surface area contributed by atoms with Gasteiger partial charge in [-0.05, 0) is 31.2 Å². The lowest BCUT2D eigenvalue weighted by Gasteiger charge is -2.13. The van der Waals surface area contributed by atoms with E-state index >= 15 is 0 Å². The molecule has 1 N–H and O–H groups in total. The zero-order valence-corrected chi connectivity index (χ0v) is 19.7. The van der Waals surface area contributed by atoms with E-state index in [-0.39, 0.29) is 15.9 Å². The van der Waals surface area contributed by atoms with Crippen molar-refractivity contribution >= 4 is 37.7 Å². The summed E-state index contributed by atoms with van der Waals surface area (Å²) in [6.45, 7) is -1.66. The number of fused-ring (bicyclic) bond motifs is 1. The molecular weight excluding hydrogens is 509 g/mol. The van der Waals surface area contributed by atoms with Crippen LogP contribution in [0.15, 0.2) is 64.5 Å². The molecule has 1 atom stereocenters. The van der Waals surface area contributed by atoms with Crippen molar-refractivity contribution in [2.24, 2.45) is 0 Å². The summed E-state index contributed by atoms with van der Waals surface area (Å²) in [6.07, 6.45) is 1.15. The van der Waals surface area contributed by atoms with Crippen LogP contribution < -0.4 is 14.2 Å². The molecule has 3 aromatic heterocycles. The van der Waals surface area contributed by atoms with E-state index in [1.807, 2.05) is 0 Å². The summed E-state index contributed by atoms with van der Waals surface area (Å²) >= 11 is 0. The van der Waals surface area contributed by atoms with E-state index in [9.17, 15) is 25.8 Å². The second-order valence-electron chi connectivity index (χ2n) is 7.02. The van der Waals surface area contributed by atoms with Crippen LogP contribution in [-0.2, 0) is 21.0 Å². The van der Waals surface area contributed by atoms with Crippen molar-refractivity contribution in [1.29, 1.82) is 0 Å². The number of hydrogen-bond acceptors (Lipinski definition) is 7. The molecule has 0 aliphatic carbocycles. The SMILES string of the molecule is COc1nc(OC(F)F)c(F)cc1NS(=O)(=O)c1cn(S(=O)c2ccccc2)c2nc(C)ccc12. The highest BCUT2D eigenvalue weighted by atomic mass is 32.2. The van der Waals surface area contributed by atoms with E-state index in [2.05, 4.69) is 19.4 Å². The van der Waals surface area contributed by atoms with E-state index in [0.29, 0.717) is 16.7 Å². The molecule has 0 saturated carbocycles. The summed E-state index contributed by atoms with van der Waals surface area (Å²) in [5, 5.41) is 0.150. The Morgan fingerprint density at radius 2 is 1.80 bits per heavy atom. The molecule has 0 amide bonds. The molecule has 0 fully saturated rings. The number of benzene rings is 1. The van der Waals surface area contributed by atoms with Crippen LogP contribution in [0.5, 0.6) is 11.8 Å². The molecule has 0 spiro atoms. The Labute approximate surface area is 200 Å². The number of ether oxygens (including phenoxy) is 2. The maximum Gasteiger partial charge on any atom is 0.388 e. The van der Waals surface area contributed by atoms with Gasteiger partial charge < -0.3 is 9.47 Å². The molecule has 0 bridgehead atoms. The smallest absolute Gasteiger partial charge is 0.388 e. The van der Waals surface area contributed by atoms with Crippen molar-refractivity contribution in [3.63, 3.8) is 0 Å².